The summed E-state index contributed by atoms with van der Waals surface area (Å²) in [6, 6.07) is 14.2. The highest BCUT2D eigenvalue weighted by Crippen LogP contribution is 2.10. The SMILES string of the molecule is O=Cc1cccc(C=O)c1C#CCCNC(=O)OCc1ccccc1. The second-order valence-corrected chi connectivity index (χ2v) is 5.09. The predicted molar refractivity (Wildman–Crippen MR) is 93.3 cm³/mol. The van der Waals surface area contributed by atoms with Crippen molar-refractivity contribution < 1.29 is 19.1 Å². The average molecular weight is 335 g/mol. The molecule has 0 heterocycles. The lowest BCUT2D eigenvalue weighted by Gasteiger charge is -2.05. The van der Waals surface area contributed by atoms with Crippen LogP contribution in [0.25, 0.3) is 0 Å². The van der Waals surface area contributed by atoms with Gasteiger partial charge in [0.05, 0.1) is 0 Å². The summed E-state index contributed by atoms with van der Waals surface area (Å²) in [4.78, 5) is 33.6. The van der Waals surface area contributed by atoms with Crippen LogP contribution >= 0.6 is 0 Å². The lowest BCUT2D eigenvalue weighted by atomic mass is 10.0. The molecule has 5 heteroatoms. The van der Waals surface area contributed by atoms with Gasteiger partial charge in [-0.1, -0.05) is 60.4 Å². The van der Waals surface area contributed by atoms with Crippen molar-refractivity contribution >= 4 is 18.7 Å². The highest BCUT2D eigenvalue weighted by molar-refractivity contribution is 5.88. The third-order valence-corrected chi connectivity index (χ3v) is 3.33. The van der Waals surface area contributed by atoms with Crippen molar-refractivity contribution in [3.8, 4) is 11.8 Å². The molecule has 2 rings (SSSR count). The molecule has 0 aliphatic rings. The molecule has 0 saturated heterocycles. The quantitative estimate of drug-likeness (QED) is 0.500. The number of hydrogen-bond acceptors (Lipinski definition) is 4. The second kappa shape index (κ2) is 9.68. The van der Waals surface area contributed by atoms with Crippen LogP contribution in [-0.4, -0.2) is 25.2 Å². The van der Waals surface area contributed by atoms with Gasteiger partial charge in [-0.3, -0.25) is 9.59 Å². The standard InChI is InChI=1S/C20H17NO4/c22-13-17-9-6-10-18(14-23)19(17)11-4-5-12-21-20(24)25-15-16-7-2-1-3-8-16/h1-3,6-10,13-14H,5,12,15H2,(H,21,24). The molecule has 2 aromatic rings. The Morgan fingerprint density at radius 2 is 1.68 bits per heavy atom. The number of hydrogen-bond donors (Lipinski definition) is 1. The molecule has 0 spiro atoms. The maximum absolute atomic E-state index is 11.6. The van der Waals surface area contributed by atoms with Crippen molar-refractivity contribution in [2.45, 2.75) is 13.0 Å². The zero-order valence-corrected chi connectivity index (χ0v) is 13.5. The molecule has 0 aliphatic heterocycles. The minimum Gasteiger partial charge on any atom is -0.445 e. The topological polar surface area (TPSA) is 72.5 Å². The zero-order valence-electron chi connectivity index (χ0n) is 13.5. The molecule has 0 aliphatic carbocycles. The van der Waals surface area contributed by atoms with E-state index in [1.54, 1.807) is 18.2 Å². The molecule has 2 aromatic carbocycles. The van der Waals surface area contributed by atoms with E-state index >= 15 is 0 Å². The van der Waals surface area contributed by atoms with Crippen LogP contribution in [0.4, 0.5) is 4.79 Å². The smallest absolute Gasteiger partial charge is 0.407 e. The summed E-state index contributed by atoms with van der Waals surface area (Å²) < 4.78 is 5.08. The molecule has 0 radical (unpaired) electrons. The molecule has 0 unspecified atom stereocenters. The van der Waals surface area contributed by atoms with Gasteiger partial charge in [0.25, 0.3) is 0 Å². The average Bonchev–Trinajstić information content (AvgIpc) is 2.66. The third kappa shape index (κ3) is 5.63. The predicted octanol–water partition coefficient (Wildman–Crippen LogP) is 2.98. The summed E-state index contributed by atoms with van der Waals surface area (Å²) >= 11 is 0. The number of amides is 1. The Bertz CT molecular complexity index is 777. The summed E-state index contributed by atoms with van der Waals surface area (Å²) in [5.74, 6) is 5.65. The molecule has 0 aromatic heterocycles. The van der Waals surface area contributed by atoms with Crippen LogP contribution < -0.4 is 5.32 Å². The van der Waals surface area contributed by atoms with E-state index in [0.717, 1.165) is 5.56 Å². The van der Waals surface area contributed by atoms with Crippen molar-refractivity contribution in [3.05, 3.63) is 70.8 Å². The van der Waals surface area contributed by atoms with Gasteiger partial charge in [-0.2, -0.15) is 0 Å². The van der Waals surface area contributed by atoms with Crippen LogP contribution in [-0.2, 0) is 11.3 Å². The van der Waals surface area contributed by atoms with Crippen LogP contribution in [0.3, 0.4) is 0 Å². The largest absolute Gasteiger partial charge is 0.445 e. The van der Waals surface area contributed by atoms with E-state index < -0.39 is 6.09 Å². The first-order valence-electron chi connectivity index (χ1n) is 7.71. The van der Waals surface area contributed by atoms with Crippen molar-refractivity contribution in [2.24, 2.45) is 0 Å². The van der Waals surface area contributed by atoms with Crippen LogP contribution in [0.1, 0.15) is 38.3 Å². The number of benzene rings is 2. The van der Waals surface area contributed by atoms with E-state index in [4.69, 9.17) is 4.74 Å². The molecule has 1 N–H and O–H groups in total. The van der Waals surface area contributed by atoms with Gasteiger partial charge < -0.3 is 10.1 Å². The molecule has 0 fully saturated rings. The molecule has 0 saturated carbocycles. The van der Waals surface area contributed by atoms with Gasteiger partial charge in [-0.25, -0.2) is 4.79 Å². The first-order chi connectivity index (χ1) is 12.2. The molecule has 0 atom stereocenters. The van der Waals surface area contributed by atoms with Crippen LogP contribution in [0.15, 0.2) is 48.5 Å². The number of ether oxygens (including phenoxy) is 1. The van der Waals surface area contributed by atoms with E-state index in [1.807, 2.05) is 30.3 Å². The van der Waals surface area contributed by atoms with Gasteiger partial charge in [0.2, 0.25) is 0 Å². The molecule has 25 heavy (non-hydrogen) atoms. The monoisotopic (exact) mass is 335 g/mol. The third-order valence-electron chi connectivity index (χ3n) is 3.33. The highest BCUT2D eigenvalue weighted by Gasteiger charge is 2.04. The molecule has 1 amide bonds. The second-order valence-electron chi connectivity index (χ2n) is 5.09. The molecular formula is C20H17NO4. The van der Waals surface area contributed by atoms with E-state index in [9.17, 15) is 14.4 Å². The summed E-state index contributed by atoms with van der Waals surface area (Å²) in [7, 11) is 0. The van der Waals surface area contributed by atoms with Gasteiger partial charge in [-0.15, -0.1) is 0 Å². The van der Waals surface area contributed by atoms with E-state index in [0.29, 0.717) is 42.2 Å². The van der Waals surface area contributed by atoms with Crippen molar-refractivity contribution in [2.75, 3.05) is 6.54 Å². The number of nitrogens with one attached hydrogen (secondary N) is 1. The Morgan fingerprint density at radius 3 is 2.32 bits per heavy atom. The van der Waals surface area contributed by atoms with Crippen molar-refractivity contribution in [1.29, 1.82) is 0 Å². The Labute approximate surface area is 146 Å². The van der Waals surface area contributed by atoms with Gasteiger partial charge >= 0.3 is 6.09 Å². The first kappa shape index (κ1) is 18.0. The number of aldehydes is 2. The maximum atomic E-state index is 11.6. The first-order valence-corrected chi connectivity index (χ1v) is 7.71. The number of carbonyl (C=O) groups excluding carboxylic acids is 3. The summed E-state index contributed by atoms with van der Waals surface area (Å²) in [6.45, 7) is 0.508. The van der Waals surface area contributed by atoms with Gasteiger partial charge in [0, 0.05) is 29.7 Å². The number of rotatable bonds is 6. The van der Waals surface area contributed by atoms with Crippen LogP contribution in [0.5, 0.6) is 0 Å². The summed E-state index contributed by atoms with van der Waals surface area (Å²) in [6.07, 6.45) is 1.17. The van der Waals surface area contributed by atoms with E-state index in [2.05, 4.69) is 17.2 Å². The van der Waals surface area contributed by atoms with Crippen molar-refractivity contribution in [3.63, 3.8) is 0 Å². The lowest BCUT2D eigenvalue weighted by Crippen LogP contribution is -2.24. The Balaban J connectivity index is 1.80. The number of carbonyl (C=O) groups is 3. The molecular weight excluding hydrogens is 318 g/mol. The zero-order chi connectivity index (χ0) is 17.9. The highest BCUT2D eigenvalue weighted by atomic mass is 16.5. The fourth-order valence-electron chi connectivity index (χ4n) is 2.08. The summed E-state index contributed by atoms with van der Waals surface area (Å²) in [5.41, 5.74) is 2.04. The number of alkyl carbamates (subject to hydrolysis) is 1. The molecule has 126 valence electrons. The van der Waals surface area contributed by atoms with E-state index in [-0.39, 0.29) is 6.61 Å². The van der Waals surface area contributed by atoms with Gasteiger partial charge in [-0.05, 0) is 5.56 Å². The summed E-state index contributed by atoms with van der Waals surface area (Å²) in [5, 5.41) is 2.59. The van der Waals surface area contributed by atoms with E-state index in [1.165, 1.54) is 0 Å². The van der Waals surface area contributed by atoms with Gasteiger partial charge in [0.15, 0.2) is 12.6 Å². The fourth-order valence-corrected chi connectivity index (χ4v) is 2.08. The normalized spacial score (nSPS) is 9.44. The van der Waals surface area contributed by atoms with Crippen molar-refractivity contribution in [1.82, 2.24) is 5.32 Å². The molecule has 0 bridgehead atoms. The minimum absolute atomic E-state index is 0.202. The van der Waals surface area contributed by atoms with Gasteiger partial charge in [0.1, 0.15) is 6.61 Å². The Hall–Kier alpha value is -3.39. The van der Waals surface area contributed by atoms with Crippen LogP contribution in [0.2, 0.25) is 0 Å². The Kier molecular flexibility index (Phi) is 6.95. The van der Waals surface area contributed by atoms with Crippen LogP contribution in [0, 0.1) is 11.8 Å². The maximum Gasteiger partial charge on any atom is 0.407 e. The minimum atomic E-state index is -0.521. The fraction of sp³-hybridized carbons (Fsp3) is 0.150. The Morgan fingerprint density at radius 1 is 1.00 bits per heavy atom. The lowest BCUT2D eigenvalue weighted by molar-refractivity contribution is 0.112. The molecule has 5 nitrogen and oxygen atoms in total.